The maximum atomic E-state index is 11.9. The van der Waals surface area contributed by atoms with Crippen LogP contribution in [0.15, 0.2) is 42.5 Å². The van der Waals surface area contributed by atoms with Crippen molar-refractivity contribution in [2.24, 2.45) is 0 Å². The molecule has 0 aliphatic rings. The van der Waals surface area contributed by atoms with E-state index in [4.69, 9.17) is 14.6 Å². The number of nitrogens with zero attached hydrogens (tertiary/aromatic N) is 1. The second-order valence-corrected chi connectivity index (χ2v) is 7.22. The summed E-state index contributed by atoms with van der Waals surface area (Å²) in [5, 5.41) is 22.4. The highest BCUT2D eigenvalue weighted by molar-refractivity contribution is 5.70. The molecule has 0 aromatic heterocycles. The zero-order valence-electron chi connectivity index (χ0n) is 16.3. The highest BCUT2D eigenvalue weighted by Crippen LogP contribution is 2.28. The molecule has 0 fully saturated rings. The Morgan fingerprint density at radius 3 is 2.34 bits per heavy atom. The van der Waals surface area contributed by atoms with Gasteiger partial charge in [0, 0.05) is 24.2 Å². The summed E-state index contributed by atoms with van der Waals surface area (Å²) in [6, 6.07) is 10.3. The van der Waals surface area contributed by atoms with Crippen molar-refractivity contribution in [2.45, 2.75) is 39.3 Å². The summed E-state index contributed by atoms with van der Waals surface area (Å²) >= 11 is 0. The predicted molar refractivity (Wildman–Crippen MR) is 104 cm³/mol. The number of benzene rings is 2. The van der Waals surface area contributed by atoms with Crippen molar-refractivity contribution in [3.8, 4) is 11.5 Å². The summed E-state index contributed by atoms with van der Waals surface area (Å²) in [4.78, 5) is 33.2. The van der Waals surface area contributed by atoms with Gasteiger partial charge in [0.05, 0.1) is 11.3 Å². The fourth-order valence-electron chi connectivity index (χ4n) is 2.40. The van der Waals surface area contributed by atoms with Crippen molar-refractivity contribution in [3.63, 3.8) is 0 Å². The van der Waals surface area contributed by atoms with Gasteiger partial charge in [-0.2, -0.15) is 0 Å². The SMILES string of the molecule is CC(C)(C)OC(=O)NCc1cc(CC(=O)O)ccc1Oc1ccc([N+](=O)[O-])cc1. The normalized spacial score (nSPS) is 10.9. The number of carbonyl (C=O) groups is 2. The summed E-state index contributed by atoms with van der Waals surface area (Å²) in [7, 11) is 0. The van der Waals surface area contributed by atoms with Crippen molar-refractivity contribution in [1.29, 1.82) is 0 Å². The first-order valence-corrected chi connectivity index (χ1v) is 8.76. The molecule has 0 aliphatic heterocycles. The number of amides is 1. The van der Waals surface area contributed by atoms with E-state index in [1.807, 2.05) is 0 Å². The largest absolute Gasteiger partial charge is 0.481 e. The average Bonchev–Trinajstić information content (AvgIpc) is 2.60. The zero-order chi connectivity index (χ0) is 21.6. The Hall–Kier alpha value is -3.62. The molecule has 0 saturated heterocycles. The van der Waals surface area contributed by atoms with Crippen LogP contribution in [0.4, 0.5) is 10.5 Å². The van der Waals surface area contributed by atoms with Crippen LogP contribution in [0.1, 0.15) is 31.9 Å². The second kappa shape index (κ2) is 9.05. The zero-order valence-corrected chi connectivity index (χ0v) is 16.3. The summed E-state index contributed by atoms with van der Waals surface area (Å²) in [5.41, 5.74) is 0.344. The monoisotopic (exact) mass is 402 g/mol. The number of nitrogens with one attached hydrogen (secondary N) is 1. The Bertz CT molecular complexity index is 902. The predicted octanol–water partition coefficient (Wildman–Crippen LogP) is 4.04. The van der Waals surface area contributed by atoms with Gasteiger partial charge in [-0.1, -0.05) is 6.07 Å². The van der Waals surface area contributed by atoms with E-state index in [9.17, 15) is 19.7 Å². The molecule has 0 unspecified atom stereocenters. The number of aliphatic carboxylic acids is 1. The Morgan fingerprint density at radius 1 is 1.14 bits per heavy atom. The van der Waals surface area contributed by atoms with E-state index in [0.717, 1.165) is 0 Å². The van der Waals surface area contributed by atoms with Gasteiger partial charge in [-0.05, 0) is 50.6 Å². The van der Waals surface area contributed by atoms with E-state index < -0.39 is 22.6 Å². The lowest BCUT2D eigenvalue weighted by molar-refractivity contribution is -0.384. The molecule has 0 bridgehead atoms. The van der Waals surface area contributed by atoms with Crippen LogP contribution < -0.4 is 10.1 Å². The topological polar surface area (TPSA) is 128 Å². The van der Waals surface area contributed by atoms with Gasteiger partial charge >= 0.3 is 12.1 Å². The molecule has 9 heteroatoms. The van der Waals surface area contributed by atoms with Crippen LogP contribution >= 0.6 is 0 Å². The van der Waals surface area contributed by atoms with Gasteiger partial charge in [-0.25, -0.2) is 4.79 Å². The molecular weight excluding hydrogens is 380 g/mol. The Kier molecular flexibility index (Phi) is 6.76. The van der Waals surface area contributed by atoms with Crippen molar-refractivity contribution < 1.29 is 29.1 Å². The van der Waals surface area contributed by atoms with E-state index >= 15 is 0 Å². The first-order valence-electron chi connectivity index (χ1n) is 8.76. The standard InChI is InChI=1S/C20H22N2O7/c1-20(2,3)29-19(25)21-12-14-10-13(11-18(23)24)4-9-17(14)28-16-7-5-15(6-8-16)22(26)27/h4-10H,11-12H2,1-3H3,(H,21,25)(H,23,24). The van der Waals surface area contributed by atoms with Crippen molar-refractivity contribution >= 4 is 17.7 Å². The molecule has 2 aromatic rings. The summed E-state index contributed by atoms with van der Waals surface area (Å²) in [6.45, 7) is 5.26. The van der Waals surface area contributed by atoms with Gasteiger partial charge in [0.1, 0.15) is 17.1 Å². The lowest BCUT2D eigenvalue weighted by atomic mass is 10.1. The third-order valence-electron chi connectivity index (χ3n) is 3.58. The molecule has 0 heterocycles. The van der Waals surface area contributed by atoms with Gasteiger partial charge in [0.25, 0.3) is 5.69 Å². The number of alkyl carbamates (subject to hydrolysis) is 1. The van der Waals surface area contributed by atoms with Gasteiger partial charge in [0.2, 0.25) is 0 Å². The van der Waals surface area contributed by atoms with Crippen LogP contribution in [0, 0.1) is 10.1 Å². The minimum absolute atomic E-state index is 0.0463. The average molecular weight is 402 g/mol. The lowest BCUT2D eigenvalue weighted by Crippen LogP contribution is -2.32. The molecule has 0 aliphatic carbocycles. The molecule has 0 atom stereocenters. The number of nitro benzene ring substituents is 1. The number of non-ortho nitro benzene ring substituents is 1. The Morgan fingerprint density at radius 2 is 1.79 bits per heavy atom. The molecular formula is C20H22N2O7. The van der Waals surface area contributed by atoms with E-state index in [0.29, 0.717) is 22.6 Å². The molecule has 2 rings (SSSR count). The fraction of sp³-hybridized carbons (Fsp3) is 0.300. The number of carboxylic acids is 1. The minimum atomic E-state index is -0.986. The fourth-order valence-corrected chi connectivity index (χ4v) is 2.40. The number of hydrogen-bond acceptors (Lipinski definition) is 6. The van der Waals surface area contributed by atoms with Gasteiger partial charge in [-0.3, -0.25) is 14.9 Å². The van der Waals surface area contributed by atoms with Crippen LogP contribution in [0.3, 0.4) is 0 Å². The van der Waals surface area contributed by atoms with Gasteiger partial charge in [0.15, 0.2) is 0 Å². The highest BCUT2D eigenvalue weighted by atomic mass is 16.6. The van der Waals surface area contributed by atoms with Crippen molar-refractivity contribution in [2.75, 3.05) is 0 Å². The lowest BCUT2D eigenvalue weighted by Gasteiger charge is -2.20. The number of carbonyl (C=O) groups excluding carboxylic acids is 1. The second-order valence-electron chi connectivity index (χ2n) is 7.22. The van der Waals surface area contributed by atoms with Crippen molar-refractivity contribution in [3.05, 3.63) is 63.7 Å². The molecule has 0 saturated carbocycles. The van der Waals surface area contributed by atoms with Crippen LogP contribution in [-0.2, 0) is 22.5 Å². The van der Waals surface area contributed by atoms with Crippen LogP contribution in [0.2, 0.25) is 0 Å². The molecule has 0 radical (unpaired) electrons. The Balaban J connectivity index is 2.21. The quantitative estimate of drug-likeness (QED) is 0.528. The van der Waals surface area contributed by atoms with Gasteiger partial charge < -0.3 is 19.9 Å². The number of hydrogen-bond donors (Lipinski definition) is 2. The molecule has 29 heavy (non-hydrogen) atoms. The van der Waals surface area contributed by atoms with E-state index in [-0.39, 0.29) is 18.7 Å². The maximum Gasteiger partial charge on any atom is 0.407 e. The summed E-state index contributed by atoms with van der Waals surface area (Å²) in [6.07, 6.45) is -0.806. The van der Waals surface area contributed by atoms with E-state index in [2.05, 4.69) is 5.32 Å². The number of rotatable bonds is 7. The summed E-state index contributed by atoms with van der Waals surface area (Å²) in [5.74, 6) is -0.246. The Labute approximate surface area is 167 Å². The summed E-state index contributed by atoms with van der Waals surface area (Å²) < 4.78 is 11.0. The molecule has 2 N–H and O–H groups in total. The van der Waals surface area contributed by atoms with Gasteiger partial charge in [-0.15, -0.1) is 0 Å². The molecule has 2 aromatic carbocycles. The molecule has 9 nitrogen and oxygen atoms in total. The maximum absolute atomic E-state index is 11.9. The third-order valence-corrected chi connectivity index (χ3v) is 3.58. The first kappa shape index (κ1) is 21.7. The molecule has 1 amide bonds. The van der Waals surface area contributed by atoms with E-state index in [1.165, 1.54) is 24.3 Å². The number of nitro groups is 1. The van der Waals surface area contributed by atoms with Crippen LogP contribution in [-0.4, -0.2) is 27.7 Å². The number of ether oxygens (including phenoxy) is 2. The first-order chi connectivity index (χ1) is 13.5. The molecule has 0 spiro atoms. The smallest absolute Gasteiger partial charge is 0.407 e. The molecule has 154 valence electrons. The van der Waals surface area contributed by atoms with Crippen molar-refractivity contribution in [1.82, 2.24) is 5.32 Å². The highest BCUT2D eigenvalue weighted by Gasteiger charge is 2.17. The minimum Gasteiger partial charge on any atom is -0.481 e. The number of carboxylic acid groups (broad SMARTS) is 1. The van der Waals surface area contributed by atoms with Crippen LogP contribution in [0.25, 0.3) is 0 Å². The van der Waals surface area contributed by atoms with E-state index in [1.54, 1.807) is 39.0 Å². The third kappa shape index (κ3) is 7.13. The van der Waals surface area contributed by atoms with Crippen LogP contribution in [0.5, 0.6) is 11.5 Å².